The lowest BCUT2D eigenvalue weighted by Gasteiger charge is -2.40. The quantitative estimate of drug-likeness (QED) is 0.795. The molecular weight excluding hydrogens is 326 g/mol. The molecule has 0 radical (unpaired) electrons. The second-order valence-corrected chi connectivity index (χ2v) is 8.90. The largest absolute Gasteiger partial charge is 0.396 e. The van der Waals surface area contributed by atoms with Gasteiger partial charge in [0.1, 0.15) is 4.90 Å². The molecule has 0 aromatic carbocycles. The average molecular weight is 356 g/mol. The number of hydrogen-bond donors (Lipinski definition) is 1. The molecule has 2 rings (SSSR count). The van der Waals surface area contributed by atoms with E-state index in [0.29, 0.717) is 31.7 Å². The second kappa shape index (κ2) is 7.37. The molecule has 0 aliphatic carbocycles. The number of sulfonamides is 1. The van der Waals surface area contributed by atoms with Gasteiger partial charge in [0.05, 0.1) is 18.5 Å². The first-order valence-corrected chi connectivity index (χ1v) is 9.96. The zero-order chi connectivity index (χ0) is 18.0. The number of aliphatic hydroxyl groups excluding tert-OH is 1. The van der Waals surface area contributed by atoms with Gasteiger partial charge in [0.25, 0.3) is 0 Å². The highest BCUT2D eigenvalue weighted by atomic mass is 32.2. The van der Waals surface area contributed by atoms with E-state index < -0.39 is 15.4 Å². The summed E-state index contributed by atoms with van der Waals surface area (Å²) < 4.78 is 29.3. The zero-order valence-electron chi connectivity index (χ0n) is 15.1. The molecule has 0 spiro atoms. The standard InChI is InChI=1S/C17H29N3O3S/c1-5-20-15(4)16(11-18-20)24(22,23)19-10-6-8-17(12-19,13-21)9-7-14(2)3/h7,11,21H,5-6,8-10,12-13H2,1-4H3. The fourth-order valence-corrected chi connectivity index (χ4v) is 5.04. The van der Waals surface area contributed by atoms with E-state index in [-0.39, 0.29) is 11.5 Å². The van der Waals surface area contributed by atoms with E-state index in [9.17, 15) is 13.5 Å². The number of rotatable bonds is 6. The zero-order valence-corrected chi connectivity index (χ0v) is 15.9. The van der Waals surface area contributed by atoms with Gasteiger partial charge in [0, 0.05) is 25.0 Å². The van der Waals surface area contributed by atoms with Crippen LogP contribution in [0.4, 0.5) is 0 Å². The molecule has 24 heavy (non-hydrogen) atoms. The van der Waals surface area contributed by atoms with E-state index in [2.05, 4.69) is 11.2 Å². The van der Waals surface area contributed by atoms with Crippen molar-refractivity contribution in [1.82, 2.24) is 14.1 Å². The molecule has 2 heterocycles. The monoisotopic (exact) mass is 355 g/mol. The molecule has 0 bridgehead atoms. The van der Waals surface area contributed by atoms with Crippen molar-refractivity contribution in [3.63, 3.8) is 0 Å². The highest BCUT2D eigenvalue weighted by Crippen LogP contribution is 2.36. The Morgan fingerprint density at radius 3 is 2.71 bits per heavy atom. The van der Waals surface area contributed by atoms with Gasteiger partial charge in [-0.25, -0.2) is 8.42 Å². The van der Waals surface area contributed by atoms with Crippen LogP contribution in [0, 0.1) is 12.3 Å². The molecule has 136 valence electrons. The van der Waals surface area contributed by atoms with E-state index in [1.807, 2.05) is 20.8 Å². The number of aromatic nitrogens is 2. The summed E-state index contributed by atoms with van der Waals surface area (Å²) in [5, 5.41) is 14.1. The smallest absolute Gasteiger partial charge is 0.246 e. The van der Waals surface area contributed by atoms with Gasteiger partial charge in [0.2, 0.25) is 10.0 Å². The number of nitrogens with zero attached hydrogens (tertiary/aromatic N) is 3. The topological polar surface area (TPSA) is 75.4 Å². The Bertz CT molecular complexity index is 705. The van der Waals surface area contributed by atoms with Crippen LogP contribution in [-0.4, -0.2) is 47.3 Å². The SMILES string of the molecule is CCn1ncc(S(=O)(=O)N2CCCC(CO)(CC=C(C)C)C2)c1C. The van der Waals surface area contributed by atoms with Crippen LogP contribution in [0.15, 0.2) is 22.7 Å². The van der Waals surface area contributed by atoms with Crippen molar-refractivity contribution in [2.24, 2.45) is 5.41 Å². The molecule has 0 saturated carbocycles. The molecule has 1 aliphatic rings. The normalized spacial score (nSPS) is 22.5. The Hall–Kier alpha value is -1.18. The third-order valence-electron chi connectivity index (χ3n) is 4.88. The predicted octanol–water partition coefficient (Wildman–Crippen LogP) is 2.33. The molecule has 1 aromatic rings. The van der Waals surface area contributed by atoms with E-state index in [4.69, 9.17) is 0 Å². The molecule has 1 N–H and O–H groups in total. The van der Waals surface area contributed by atoms with Gasteiger partial charge in [-0.1, -0.05) is 11.6 Å². The van der Waals surface area contributed by atoms with Crippen LogP contribution < -0.4 is 0 Å². The number of allylic oxidation sites excluding steroid dienone is 2. The molecule has 1 aliphatic heterocycles. The minimum absolute atomic E-state index is 0.00396. The van der Waals surface area contributed by atoms with E-state index >= 15 is 0 Å². The number of hydrogen-bond acceptors (Lipinski definition) is 4. The lowest BCUT2D eigenvalue weighted by molar-refractivity contribution is 0.0667. The summed E-state index contributed by atoms with van der Waals surface area (Å²) in [5.74, 6) is 0. The van der Waals surface area contributed by atoms with Crippen molar-refractivity contribution in [3.8, 4) is 0 Å². The number of aliphatic hydroxyl groups is 1. The Labute approximate surface area is 145 Å². The minimum atomic E-state index is -3.58. The second-order valence-electron chi connectivity index (χ2n) is 7.00. The summed E-state index contributed by atoms with van der Waals surface area (Å²) in [6.45, 7) is 9.25. The lowest BCUT2D eigenvalue weighted by atomic mass is 9.78. The Morgan fingerprint density at radius 2 is 2.17 bits per heavy atom. The third kappa shape index (κ3) is 3.73. The summed E-state index contributed by atoms with van der Waals surface area (Å²) in [5.41, 5.74) is 1.46. The maximum atomic E-state index is 13.1. The molecule has 6 nitrogen and oxygen atoms in total. The van der Waals surface area contributed by atoms with Crippen LogP contribution in [0.2, 0.25) is 0 Å². The van der Waals surface area contributed by atoms with Crippen LogP contribution in [0.1, 0.15) is 45.7 Å². The van der Waals surface area contributed by atoms with Crippen LogP contribution >= 0.6 is 0 Å². The predicted molar refractivity (Wildman–Crippen MR) is 94.2 cm³/mol. The van der Waals surface area contributed by atoms with Gasteiger partial charge in [-0.3, -0.25) is 4.68 Å². The van der Waals surface area contributed by atoms with Crippen molar-refractivity contribution < 1.29 is 13.5 Å². The van der Waals surface area contributed by atoms with E-state index in [0.717, 1.165) is 12.8 Å². The molecule has 1 atom stereocenters. The first-order chi connectivity index (χ1) is 11.3. The van der Waals surface area contributed by atoms with Crippen molar-refractivity contribution in [2.75, 3.05) is 19.7 Å². The molecule has 1 unspecified atom stereocenters. The molecule has 1 fully saturated rings. The minimum Gasteiger partial charge on any atom is -0.396 e. The highest BCUT2D eigenvalue weighted by Gasteiger charge is 2.40. The highest BCUT2D eigenvalue weighted by molar-refractivity contribution is 7.89. The Kier molecular flexibility index (Phi) is 5.88. The van der Waals surface area contributed by atoms with Gasteiger partial charge in [-0.15, -0.1) is 0 Å². The van der Waals surface area contributed by atoms with Crippen LogP contribution in [0.25, 0.3) is 0 Å². The van der Waals surface area contributed by atoms with Crippen molar-refractivity contribution in [2.45, 2.75) is 58.4 Å². The van der Waals surface area contributed by atoms with Crippen LogP contribution in [-0.2, 0) is 16.6 Å². The molecule has 1 saturated heterocycles. The van der Waals surface area contributed by atoms with Gasteiger partial charge in [0.15, 0.2) is 0 Å². The van der Waals surface area contributed by atoms with Gasteiger partial charge < -0.3 is 5.11 Å². The van der Waals surface area contributed by atoms with E-state index in [1.165, 1.54) is 16.1 Å². The van der Waals surface area contributed by atoms with Crippen LogP contribution in [0.5, 0.6) is 0 Å². The summed E-state index contributed by atoms with van der Waals surface area (Å²) in [6.07, 6.45) is 5.83. The van der Waals surface area contributed by atoms with Gasteiger partial charge >= 0.3 is 0 Å². The Balaban J connectivity index is 2.30. The molecule has 7 heteroatoms. The number of aryl methyl sites for hydroxylation is 1. The summed E-state index contributed by atoms with van der Waals surface area (Å²) in [7, 11) is -3.58. The first kappa shape index (κ1) is 19.1. The maximum Gasteiger partial charge on any atom is 0.246 e. The van der Waals surface area contributed by atoms with Crippen molar-refractivity contribution in [1.29, 1.82) is 0 Å². The first-order valence-electron chi connectivity index (χ1n) is 8.52. The van der Waals surface area contributed by atoms with Crippen LogP contribution in [0.3, 0.4) is 0 Å². The molecule has 0 amide bonds. The molecular formula is C17H29N3O3S. The summed E-state index contributed by atoms with van der Waals surface area (Å²) >= 11 is 0. The molecule has 1 aromatic heterocycles. The lowest BCUT2D eigenvalue weighted by Crippen LogP contribution is -2.47. The fraction of sp³-hybridized carbons (Fsp3) is 0.706. The average Bonchev–Trinajstić information content (AvgIpc) is 2.94. The summed E-state index contributed by atoms with van der Waals surface area (Å²) in [6, 6.07) is 0. The van der Waals surface area contributed by atoms with E-state index in [1.54, 1.807) is 11.6 Å². The maximum absolute atomic E-state index is 13.1. The summed E-state index contributed by atoms with van der Waals surface area (Å²) in [4.78, 5) is 0.278. The fourth-order valence-electron chi connectivity index (χ4n) is 3.29. The van der Waals surface area contributed by atoms with Crippen molar-refractivity contribution >= 4 is 10.0 Å². The van der Waals surface area contributed by atoms with Gasteiger partial charge in [-0.05, 0) is 47.0 Å². The third-order valence-corrected chi connectivity index (χ3v) is 6.83. The van der Waals surface area contributed by atoms with Crippen molar-refractivity contribution in [3.05, 3.63) is 23.5 Å². The Morgan fingerprint density at radius 1 is 1.46 bits per heavy atom. The number of piperidine rings is 1. The van der Waals surface area contributed by atoms with Gasteiger partial charge in [-0.2, -0.15) is 9.40 Å².